The fourth-order valence-electron chi connectivity index (χ4n) is 1.65. The fraction of sp³-hybridized carbons (Fsp3) is 0.500. The number of rotatable bonds is 8. The summed E-state index contributed by atoms with van der Waals surface area (Å²) in [5.41, 5.74) is 0.416. The summed E-state index contributed by atoms with van der Waals surface area (Å²) in [6.07, 6.45) is 1.17. The Balaban J connectivity index is 2.50. The van der Waals surface area contributed by atoms with Crippen molar-refractivity contribution in [2.75, 3.05) is 6.54 Å². The lowest BCUT2D eigenvalue weighted by molar-refractivity contribution is -0.121. The molecule has 20 heavy (non-hydrogen) atoms. The lowest BCUT2D eigenvalue weighted by atomic mass is 10.1. The van der Waals surface area contributed by atoms with Gasteiger partial charge in [0.2, 0.25) is 5.91 Å². The Morgan fingerprint density at radius 1 is 1.45 bits per heavy atom. The first-order chi connectivity index (χ1) is 9.52. The first kappa shape index (κ1) is 16.4. The number of carbonyl (C=O) groups excluding carboxylic acids is 1. The highest BCUT2D eigenvalue weighted by Gasteiger charge is 2.11. The molecular formula is C14H19F2NO3. The molecule has 1 aromatic rings. The number of nitrogens with one attached hydrogen (secondary N) is 1. The van der Waals surface area contributed by atoms with E-state index in [4.69, 9.17) is 0 Å². The second kappa shape index (κ2) is 8.47. The number of hydrogen-bond acceptors (Lipinski definition) is 3. The molecule has 0 aliphatic rings. The minimum Gasteiger partial charge on any atom is -0.435 e. The Hall–Kier alpha value is -1.69. The van der Waals surface area contributed by atoms with Crippen LogP contribution in [0, 0.1) is 0 Å². The van der Waals surface area contributed by atoms with Crippen LogP contribution in [0.5, 0.6) is 5.75 Å². The molecule has 1 unspecified atom stereocenters. The van der Waals surface area contributed by atoms with Crippen LogP contribution in [-0.2, 0) is 4.79 Å². The number of halogens is 2. The molecule has 0 aromatic heterocycles. The van der Waals surface area contributed by atoms with Crippen LogP contribution >= 0.6 is 0 Å². The van der Waals surface area contributed by atoms with Crippen LogP contribution < -0.4 is 10.1 Å². The van der Waals surface area contributed by atoms with Gasteiger partial charge in [-0.05, 0) is 24.1 Å². The van der Waals surface area contributed by atoms with Crippen LogP contribution in [0.1, 0.15) is 37.9 Å². The summed E-state index contributed by atoms with van der Waals surface area (Å²) in [7, 11) is 0. The van der Waals surface area contributed by atoms with Gasteiger partial charge in [0, 0.05) is 13.0 Å². The minimum absolute atomic E-state index is 0.0196. The summed E-state index contributed by atoms with van der Waals surface area (Å²) in [5, 5.41) is 12.5. The van der Waals surface area contributed by atoms with Crippen LogP contribution in [0.3, 0.4) is 0 Å². The van der Waals surface area contributed by atoms with E-state index in [1.807, 2.05) is 6.92 Å². The molecule has 1 amide bonds. The normalized spacial score (nSPS) is 12.2. The zero-order valence-corrected chi connectivity index (χ0v) is 11.3. The van der Waals surface area contributed by atoms with Crippen molar-refractivity contribution >= 4 is 5.91 Å². The summed E-state index contributed by atoms with van der Waals surface area (Å²) < 4.78 is 28.4. The zero-order chi connectivity index (χ0) is 15.0. The summed E-state index contributed by atoms with van der Waals surface area (Å²) in [5.74, 6) is -0.153. The molecule has 0 spiro atoms. The third kappa shape index (κ3) is 5.97. The SMILES string of the molecule is CCCCC(=O)NCC(O)c1cccc(OC(F)F)c1. The van der Waals surface area contributed by atoms with E-state index in [9.17, 15) is 18.7 Å². The maximum Gasteiger partial charge on any atom is 0.387 e. The standard InChI is InChI=1S/C14H19F2NO3/c1-2-3-7-13(19)17-9-12(18)10-5-4-6-11(8-10)20-14(15)16/h4-6,8,12,14,18H,2-3,7,9H2,1H3,(H,17,19). The van der Waals surface area contributed by atoms with E-state index < -0.39 is 12.7 Å². The predicted molar refractivity (Wildman–Crippen MR) is 70.6 cm³/mol. The lowest BCUT2D eigenvalue weighted by Crippen LogP contribution is -2.28. The fourth-order valence-corrected chi connectivity index (χ4v) is 1.65. The van der Waals surface area contributed by atoms with Crippen molar-refractivity contribution < 1.29 is 23.4 Å². The highest BCUT2D eigenvalue weighted by molar-refractivity contribution is 5.75. The van der Waals surface area contributed by atoms with E-state index in [0.717, 1.165) is 12.8 Å². The Bertz CT molecular complexity index is 427. The van der Waals surface area contributed by atoms with Crippen molar-refractivity contribution in [2.24, 2.45) is 0 Å². The third-order valence-corrected chi connectivity index (χ3v) is 2.72. The third-order valence-electron chi connectivity index (χ3n) is 2.72. The molecule has 4 nitrogen and oxygen atoms in total. The average Bonchev–Trinajstić information content (AvgIpc) is 2.42. The number of aliphatic hydroxyl groups is 1. The van der Waals surface area contributed by atoms with Gasteiger partial charge in [0.05, 0.1) is 6.10 Å². The molecule has 1 aromatic carbocycles. The second-order valence-corrected chi connectivity index (χ2v) is 4.37. The van der Waals surface area contributed by atoms with Gasteiger partial charge in [0.1, 0.15) is 5.75 Å². The van der Waals surface area contributed by atoms with Gasteiger partial charge in [-0.15, -0.1) is 0 Å². The largest absolute Gasteiger partial charge is 0.435 e. The second-order valence-electron chi connectivity index (χ2n) is 4.37. The van der Waals surface area contributed by atoms with Crippen LogP contribution in [0.15, 0.2) is 24.3 Å². The molecule has 1 rings (SSSR count). The molecule has 2 N–H and O–H groups in total. The van der Waals surface area contributed by atoms with Gasteiger partial charge in [-0.3, -0.25) is 4.79 Å². The van der Waals surface area contributed by atoms with Crippen molar-refractivity contribution in [3.63, 3.8) is 0 Å². The van der Waals surface area contributed by atoms with Crippen molar-refractivity contribution in [1.29, 1.82) is 0 Å². The van der Waals surface area contributed by atoms with Gasteiger partial charge in [0.15, 0.2) is 0 Å². The quantitative estimate of drug-likeness (QED) is 0.772. The van der Waals surface area contributed by atoms with E-state index in [1.54, 1.807) is 6.07 Å². The molecule has 112 valence electrons. The Labute approximate surface area is 116 Å². The van der Waals surface area contributed by atoms with Gasteiger partial charge in [-0.25, -0.2) is 0 Å². The van der Waals surface area contributed by atoms with Gasteiger partial charge in [-0.2, -0.15) is 8.78 Å². The van der Waals surface area contributed by atoms with Gasteiger partial charge in [-0.1, -0.05) is 25.5 Å². The number of amides is 1. The van der Waals surface area contributed by atoms with E-state index in [0.29, 0.717) is 12.0 Å². The minimum atomic E-state index is -2.91. The molecule has 0 fully saturated rings. The number of alkyl halides is 2. The molecule has 6 heteroatoms. The number of hydrogen-bond donors (Lipinski definition) is 2. The molecule has 0 aliphatic carbocycles. The number of ether oxygens (including phenoxy) is 1. The van der Waals surface area contributed by atoms with Crippen molar-refractivity contribution in [1.82, 2.24) is 5.32 Å². The number of unbranched alkanes of at least 4 members (excludes halogenated alkanes) is 1. The molecule has 0 aliphatic heterocycles. The van der Waals surface area contributed by atoms with Gasteiger partial charge < -0.3 is 15.2 Å². The molecule has 0 radical (unpaired) electrons. The number of carbonyl (C=O) groups is 1. The topological polar surface area (TPSA) is 58.6 Å². The maximum absolute atomic E-state index is 12.1. The lowest BCUT2D eigenvalue weighted by Gasteiger charge is -2.13. The van der Waals surface area contributed by atoms with Crippen molar-refractivity contribution in [3.05, 3.63) is 29.8 Å². The Morgan fingerprint density at radius 2 is 2.20 bits per heavy atom. The smallest absolute Gasteiger partial charge is 0.387 e. The zero-order valence-electron chi connectivity index (χ0n) is 11.3. The van der Waals surface area contributed by atoms with E-state index >= 15 is 0 Å². The monoisotopic (exact) mass is 287 g/mol. The van der Waals surface area contributed by atoms with Gasteiger partial charge in [0.25, 0.3) is 0 Å². The molecule has 0 bridgehead atoms. The van der Waals surface area contributed by atoms with Crippen LogP contribution in [-0.4, -0.2) is 24.2 Å². The number of aliphatic hydroxyl groups excluding tert-OH is 1. The van der Waals surface area contributed by atoms with Crippen molar-refractivity contribution in [3.8, 4) is 5.75 Å². The molecule has 0 saturated heterocycles. The summed E-state index contributed by atoms with van der Waals surface area (Å²) in [6.45, 7) is -0.881. The molecular weight excluding hydrogens is 268 g/mol. The van der Waals surface area contributed by atoms with Crippen LogP contribution in [0.4, 0.5) is 8.78 Å². The highest BCUT2D eigenvalue weighted by Crippen LogP contribution is 2.20. The Kier molecular flexibility index (Phi) is 6.93. The number of benzene rings is 1. The predicted octanol–water partition coefficient (Wildman–Crippen LogP) is 2.63. The van der Waals surface area contributed by atoms with E-state index in [-0.39, 0.29) is 18.2 Å². The average molecular weight is 287 g/mol. The van der Waals surface area contributed by atoms with Crippen molar-refractivity contribution in [2.45, 2.75) is 38.9 Å². The summed E-state index contributed by atoms with van der Waals surface area (Å²) in [4.78, 5) is 11.4. The molecule has 1 atom stereocenters. The van der Waals surface area contributed by atoms with Gasteiger partial charge >= 0.3 is 6.61 Å². The highest BCUT2D eigenvalue weighted by atomic mass is 19.3. The van der Waals surface area contributed by atoms with Crippen LogP contribution in [0.25, 0.3) is 0 Å². The van der Waals surface area contributed by atoms with E-state index in [2.05, 4.69) is 10.1 Å². The summed E-state index contributed by atoms with van der Waals surface area (Å²) in [6, 6.07) is 5.80. The van der Waals surface area contributed by atoms with Crippen LogP contribution in [0.2, 0.25) is 0 Å². The Morgan fingerprint density at radius 3 is 2.85 bits per heavy atom. The summed E-state index contributed by atoms with van der Waals surface area (Å²) >= 11 is 0. The molecule has 0 heterocycles. The maximum atomic E-state index is 12.1. The first-order valence-electron chi connectivity index (χ1n) is 6.52. The van der Waals surface area contributed by atoms with E-state index in [1.165, 1.54) is 18.2 Å². The first-order valence-corrected chi connectivity index (χ1v) is 6.52. The molecule has 0 saturated carbocycles.